The summed E-state index contributed by atoms with van der Waals surface area (Å²) in [7, 11) is 0. The van der Waals surface area contributed by atoms with Crippen molar-refractivity contribution in [1.29, 1.82) is 0 Å². The Morgan fingerprint density at radius 2 is 1.31 bits per heavy atom. The van der Waals surface area contributed by atoms with Crippen LogP contribution in [-0.2, 0) is 19.1 Å². The van der Waals surface area contributed by atoms with Gasteiger partial charge in [-0.3, -0.25) is 0 Å². The third-order valence-corrected chi connectivity index (χ3v) is 4.35. The van der Waals surface area contributed by atoms with Crippen LogP contribution in [0.5, 0.6) is 0 Å². The monoisotopic (exact) mass is 348 g/mol. The molecule has 4 nitrogen and oxygen atoms in total. The lowest BCUT2D eigenvalue weighted by atomic mass is 9.65. The molecule has 0 bridgehead atoms. The summed E-state index contributed by atoms with van der Waals surface area (Å²) >= 11 is 6.26. The number of hydrogen-bond donors (Lipinski definition) is 0. The zero-order valence-electron chi connectivity index (χ0n) is 7.96. The molecule has 3 aliphatic rings. The quantitative estimate of drug-likeness (QED) is 0.627. The van der Waals surface area contributed by atoms with Gasteiger partial charge in [0.1, 0.15) is 8.96 Å². The van der Waals surface area contributed by atoms with E-state index in [0.717, 1.165) is 0 Å². The zero-order chi connectivity index (χ0) is 11.6. The summed E-state index contributed by atoms with van der Waals surface area (Å²) in [5.41, 5.74) is -1.62. The van der Waals surface area contributed by atoms with Crippen LogP contribution in [0.2, 0.25) is 0 Å². The molecule has 0 aromatic carbocycles. The molecule has 0 aromatic heterocycles. The maximum Gasteiger partial charge on any atom is 0.346 e. The summed E-state index contributed by atoms with van der Waals surface area (Å²) in [4.78, 5) is 22.8. The van der Waals surface area contributed by atoms with E-state index in [1.54, 1.807) is 12.2 Å². The minimum absolute atomic E-state index is 0.388. The summed E-state index contributed by atoms with van der Waals surface area (Å²) in [6.07, 6.45) is 4.71. The molecule has 3 rings (SSSR count). The predicted molar refractivity (Wildman–Crippen MR) is 60.9 cm³/mol. The number of hydrogen-bond acceptors (Lipinski definition) is 4. The fourth-order valence-corrected chi connectivity index (χ4v) is 3.20. The Hall–Kier alpha value is -0.620. The van der Waals surface area contributed by atoms with Gasteiger partial charge in [-0.25, -0.2) is 9.59 Å². The van der Waals surface area contributed by atoms with Crippen LogP contribution in [0, 0.1) is 0 Å². The Morgan fingerprint density at radius 1 is 0.938 bits per heavy atom. The van der Waals surface area contributed by atoms with Gasteiger partial charge in [0.2, 0.25) is 0 Å². The van der Waals surface area contributed by atoms with Gasteiger partial charge < -0.3 is 9.47 Å². The fraction of sp³-hybridized carbons (Fsp3) is 0.400. The van der Waals surface area contributed by atoms with Gasteiger partial charge in [-0.2, -0.15) is 0 Å². The van der Waals surface area contributed by atoms with Crippen LogP contribution in [0.25, 0.3) is 0 Å². The van der Waals surface area contributed by atoms with E-state index in [1.807, 2.05) is 0 Å². The first-order valence-electron chi connectivity index (χ1n) is 4.71. The van der Waals surface area contributed by atoms with Gasteiger partial charge in [-0.15, -0.1) is 0 Å². The zero-order valence-corrected chi connectivity index (χ0v) is 11.1. The second-order valence-electron chi connectivity index (χ2n) is 4.04. The summed E-state index contributed by atoms with van der Waals surface area (Å²) in [6.45, 7) is 0. The van der Waals surface area contributed by atoms with Crippen LogP contribution in [0.4, 0.5) is 0 Å². The van der Waals surface area contributed by atoms with E-state index in [2.05, 4.69) is 31.9 Å². The molecule has 0 unspecified atom stereocenters. The lowest BCUT2D eigenvalue weighted by Crippen LogP contribution is -2.61. The molecule has 2 aliphatic heterocycles. The van der Waals surface area contributed by atoms with Gasteiger partial charge in [-0.1, -0.05) is 0 Å². The molecule has 6 heteroatoms. The minimum Gasteiger partial charge on any atom is -0.446 e. The van der Waals surface area contributed by atoms with Crippen molar-refractivity contribution in [3.05, 3.63) is 21.1 Å². The molecule has 0 saturated heterocycles. The highest BCUT2D eigenvalue weighted by molar-refractivity contribution is 9.12. The fourth-order valence-electron chi connectivity index (χ4n) is 2.30. The van der Waals surface area contributed by atoms with Crippen molar-refractivity contribution in [2.75, 3.05) is 0 Å². The molecule has 0 N–H and O–H groups in total. The van der Waals surface area contributed by atoms with Crippen LogP contribution in [-0.4, -0.2) is 23.1 Å². The molecule has 1 fully saturated rings. The average Bonchev–Trinajstić information content (AvgIpc) is 2.70. The van der Waals surface area contributed by atoms with Crippen molar-refractivity contribution in [1.82, 2.24) is 0 Å². The van der Waals surface area contributed by atoms with Crippen molar-refractivity contribution in [2.24, 2.45) is 0 Å². The summed E-state index contributed by atoms with van der Waals surface area (Å²) in [5, 5.41) is 0. The molecule has 0 amide bonds. The number of carbonyl (C=O) groups is 2. The number of carbonyl (C=O) groups excluding carboxylic acids is 2. The van der Waals surface area contributed by atoms with Gasteiger partial charge in [0, 0.05) is 0 Å². The molecular formula is C10H6Br2O4. The Labute approximate surface area is 108 Å². The molecule has 1 saturated carbocycles. The van der Waals surface area contributed by atoms with Crippen LogP contribution in [0.3, 0.4) is 0 Å². The second-order valence-corrected chi connectivity index (χ2v) is 5.75. The van der Waals surface area contributed by atoms with Crippen LogP contribution in [0.1, 0.15) is 12.8 Å². The Kier molecular flexibility index (Phi) is 1.96. The normalized spacial score (nSPS) is 40.6. The molecule has 0 aromatic rings. The minimum atomic E-state index is -0.811. The van der Waals surface area contributed by atoms with E-state index in [9.17, 15) is 9.59 Å². The van der Waals surface area contributed by atoms with E-state index in [-0.39, 0.29) is 0 Å². The van der Waals surface area contributed by atoms with E-state index >= 15 is 0 Å². The lowest BCUT2D eigenvalue weighted by Gasteiger charge is -2.50. The first-order chi connectivity index (χ1) is 7.48. The van der Waals surface area contributed by atoms with Crippen molar-refractivity contribution in [3.63, 3.8) is 0 Å². The van der Waals surface area contributed by atoms with Crippen LogP contribution >= 0.6 is 31.9 Å². The van der Waals surface area contributed by atoms with E-state index in [4.69, 9.17) is 9.47 Å². The van der Waals surface area contributed by atoms with Gasteiger partial charge in [0.25, 0.3) is 0 Å². The molecule has 2 heterocycles. The van der Waals surface area contributed by atoms with Crippen molar-refractivity contribution >= 4 is 43.8 Å². The molecule has 2 spiro atoms. The maximum absolute atomic E-state index is 11.4. The highest BCUT2D eigenvalue weighted by atomic mass is 79.9. The van der Waals surface area contributed by atoms with Gasteiger partial charge in [0.05, 0.1) is 0 Å². The number of halogens is 2. The Morgan fingerprint density at radius 3 is 1.50 bits per heavy atom. The molecule has 84 valence electrons. The average molecular weight is 350 g/mol. The van der Waals surface area contributed by atoms with Crippen molar-refractivity contribution in [3.8, 4) is 0 Å². The van der Waals surface area contributed by atoms with Crippen LogP contribution < -0.4 is 0 Å². The first-order valence-corrected chi connectivity index (χ1v) is 6.30. The Balaban J connectivity index is 2.02. The standard InChI is InChI=1S/C10H6Br2O4/c11-5-3-9(15-7(5)13)1-2-10(9)4-6(12)8(14)16-10/h3-4H,1-2H2/t9-,10-/m1/s1. The van der Waals surface area contributed by atoms with Gasteiger partial charge in [-0.05, 0) is 56.9 Å². The highest BCUT2D eigenvalue weighted by Gasteiger charge is 2.67. The van der Waals surface area contributed by atoms with Crippen molar-refractivity contribution < 1.29 is 19.1 Å². The number of esters is 2. The van der Waals surface area contributed by atoms with E-state index < -0.39 is 23.1 Å². The second kappa shape index (κ2) is 2.98. The van der Waals surface area contributed by atoms with Crippen molar-refractivity contribution in [2.45, 2.75) is 24.0 Å². The first kappa shape index (κ1) is 10.5. The largest absolute Gasteiger partial charge is 0.446 e. The molecular weight excluding hydrogens is 344 g/mol. The number of fused-ring (bicyclic) bond motifs is 1. The van der Waals surface area contributed by atoms with Crippen LogP contribution in [0.15, 0.2) is 21.1 Å². The summed E-state index contributed by atoms with van der Waals surface area (Å²) in [6, 6.07) is 0. The van der Waals surface area contributed by atoms with E-state index in [1.165, 1.54) is 0 Å². The van der Waals surface area contributed by atoms with E-state index in [0.29, 0.717) is 21.8 Å². The predicted octanol–water partition coefficient (Wildman–Crippen LogP) is 1.93. The highest BCUT2D eigenvalue weighted by Crippen LogP contribution is 2.56. The topological polar surface area (TPSA) is 52.6 Å². The number of rotatable bonds is 0. The molecule has 16 heavy (non-hydrogen) atoms. The third-order valence-electron chi connectivity index (χ3n) is 3.24. The third kappa shape index (κ3) is 1.09. The number of ether oxygens (including phenoxy) is 2. The molecule has 2 atom stereocenters. The smallest absolute Gasteiger partial charge is 0.346 e. The summed E-state index contributed by atoms with van der Waals surface area (Å²) in [5.74, 6) is -0.821. The van der Waals surface area contributed by atoms with Gasteiger partial charge in [0.15, 0.2) is 11.2 Å². The molecule has 1 aliphatic carbocycles. The lowest BCUT2D eigenvalue weighted by molar-refractivity contribution is -0.206. The molecule has 0 radical (unpaired) electrons. The SMILES string of the molecule is O=C1O[C@@]2(C=C1Br)CC[C@@]21C=C(Br)C(=O)O1. The maximum atomic E-state index is 11.4. The Bertz CT molecular complexity index is 437. The van der Waals surface area contributed by atoms with Gasteiger partial charge >= 0.3 is 11.9 Å². The summed E-state index contributed by atoms with van der Waals surface area (Å²) < 4.78 is 11.4.